The van der Waals surface area contributed by atoms with Gasteiger partial charge in [-0.3, -0.25) is 14.4 Å². The first-order valence-electron chi connectivity index (χ1n) is 23.5. The van der Waals surface area contributed by atoms with E-state index in [2.05, 4.69) is 18.2 Å². The molecule has 1 heterocycles. The Balaban J connectivity index is 0. The largest absolute Gasteiger partial charge is 0.861 e. The molecule has 1 aliphatic carbocycles. The second kappa shape index (κ2) is 36.5. The van der Waals surface area contributed by atoms with E-state index >= 15 is 0 Å². The van der Waals surface area contributed by atoms with Gasteiger partial charge in [0.1, 0.15) is 6.61 Å². The summed E-state index contributed by atoms with van der Waals surface area (Å²) in [7, 11) is -4.08. The Kier molecular flexibility index (Phi) is 36.2. The lowest BCUT2D eigenvalue weighted by Gasteiger charge is -2.28. The zero-order valence-electron chi connectivity index (χ0n) is 41.6. The highest BCUT2D eigenvalue weighted by molar-refractivity contribution is 7.91. The molecule has 0 N–H and O–H groups in total. The molecule has 2 rings (SSSR count). The van der Waals surface area contributed by atoms with Gasteiger partial charge in [-0.25, -0.2) is 0 Å². The van der Waals surface area contributed by atoms with Gasteiger partial charge in [-0.15, -0.1) is 0 Å². The number of halogens is 3. The van der Waals surface area contributed by atoms with Gasteiger partial charge in [-0.2, -0.15) is 26.0 Å². The number of nitrogens with zero attached hydrogens (tertiary/aromatic N) is 1. The van der Waals surface area contributed by atoms with Crippen LogP contribution in [0.1, 0.15) is 147 Å². The highest BCUT2D eigenvalue weighted by Gasteiger charge is 2.46. The van der Waals surface area contributed by atoms with E-state index in [-0.39, 0.29) is 42.1 Å². The Labute approximate surface area is 389 Å². The Hall–Kier alpha value is -2.58. The van der Waals surface area contributed by atoms with Gasteiger partial charge < -0.3 is 43.0 Å². The van der Waals surface area contributed by atoms with Crippen LogP contribution in [0, 0.1) is 35.0 Å². The minimum atomic E-state index is -5.71. The van der Waals surface area contributed by atoms with Crippen molar-refractivity contribution in [2.45, 2.75) is 165 Å². The van der Waals surface area contributed by atoms with E-state index in [1.165, 1.54) is 33.1 Å². The maximum absolute atomic E-state index is 11.9. The number of ether oxygens (including phenoxy) is 8. The molecular formula is C46H85F3NO14S-. The third-order valence-electron chi connectivity index (χ3n) is 11.2. The smallest absolute Gasteiger partial charge is 0.518 e. The number of methoxy groups -OCH3 is 1. The number of alkyl halides is 3. The molecule has 0 aromatic rings. The molecule has 0 aromatic heterocycles. The van der Waals surface area contributed by atoms with Crippen LogP contribution in [0.2, 0.25) is 0 Å². The number of unbranched alkanes of at least 4 members (excludes halogenated alkanes) is 1. The van der Waals surface area contributed by atoms with Crippen molar-refractivity contribution in [3.05, 3.63) is 0 Å². The van der Waals surface area contributed by atoms with Crippen LogP contribution < -0.4 is 5.11 Å². The van der Waals surface area contributed by atoms with Crippen molar-refractivity contribution in [3.8, 4) is 0 Å². The third-order valence-corrected chi connectivity index (χ3v) is 12.2. The number of rotatable bonds is 29. The molecule has 15 nitrogen and oxygen atoms in total. The lowest BCUT2D eigenvalue weighted by molar-refractivity contribution is -0.229. The summed E-state index contributed by atoms with van der Waals surface area (Å²) in [5.41, 5.74) is -6.73. The average Bonchev–Trinajstić information content (AvgIpc) is 4.07. The lowest BCUT2D eigenvalue weighted by Crippen LogP contribution is -2.37. The fourth-order valence-corrected chi connectivity index (χ4v) is 5.75. The highest BCUT2D eigenvalue weighted by Crippen LogP contribution is 2.39. The summed E-state index contributed by atoms with van der Waals surface area (Å²) in [5, 5.41) is 11.1. The SMILES string of the molecule is CCC(C)(C)C([O-])=NS(=O)(=O)C(F)(F)F.CCC(C)C(=O)OCC1CCC2OC2C1.CCC(C)C(=O)OCCOCCOCCOCCOC.CCCCC(CC)COC(=O)C(C)CC. The van der Waals surface area contributed by atoms with Crippen molar-refractivity contribution in [2.75, 3.05) is 73.2 Å². The van der Waals surface area contributed by atoms with E-state index in [0.29, 0.717) is 90.1 Å². The van der Waals surface area contributed by atoms with Crippen molar-refractivity contribution < 1.29 is 79.0 Å². The molecule has 65 heavy (non-hydrogen) atoms. The number of hydrogen-bond donors (Lipinski definition) is 0. The van der Waals surface area contributed by atoms with Gasteiger partial charge in [-0.05, 0) is 74.5 Å². The molecule has 2 fully saturated rings. The summed E-state index contributed by atoms with van der Waals surface area (Å²) in [6.45, 7) is 25.4. The molecule has 0 amide bonds. The Morgan fingerprint density at radius 1 is 0.708 bits per heavy atom. The summed E-state index contributed by atoms with van der Waals surface area (Å²) in [5.74, 6) is -0.407. The number of carbonyl (C=O) groups excluding carboxylic acids is 3. The zero-order valence-corrected chi connectivity index (χ0v) is 42.4. The molecule has 0 aromatic carbocycles. The van der Waals surface area contributed by atoms with Crippen molar-refractivity contribution in [1.82, 2.24) is 0 Å². The average molecular weight is 965 g/mol. The van der Waals surface area contributed by atoms with Gasteiger partial charge in [-0.1, -0.05) is 95.4 Å². The van der Waals surface area contributed by atoms with Crippen molar-refractivity contribution in [3.63, 3.8) is 0 Å². The summed E-state index contributed by atoms with van der Waals surface area (Å²) >= 11 is 0. The number of esters is 3. The summed E-state index contributed by atoms with van der Waals surface area (Å²) in [6.07, 6.45) is 11.8. The van der Waals surface area contributed by atoms with Crippen molar-refractivity contribution in [2.24, 2.45) is 39.4 Å². The van der Waals surface area contributed by atoms with Gasteiger partial charge in [0.25, 0.3) is 0 Å². The number of epoxide rings is 1. The standard InChI is InChI=1S/C14H28O6.C13H26O2.C12H20O3.C7H12F3NO3S/c1-4-13(2)14(15)20-12-11-19-10-9-18-8-7-17-6-5-16-3;1-5-8-9-12(7-3)10-15-13(14)11(4)6-2;1-3-8(2)12(13)14-7-9-4-5-10-11(6-9)15-10;1-4-6(2,3)5(12)11-15(13,14)7(8,9)10/h13H,4-12H2,1-3H3;11-12H,5-10H2,1-4H3;8-11H,3-7H2,1-2H3;4H2,1-3H3,(H,11,12)/p-1. The van der Waals surface area contributed by atoms with Crippen LogP contribution in [0.15, 0.2) is 4.40 Å². The predicted octanol–water partition coefficient (Wildman–Crippen LogP) is 8.24. The molecule has 0 radical (unpaired) electrons. The Morgan fingerprint density at radius 3 is 1.62 bits per heavy atom. The first-order valence-corrected chi connectivity index (χ1v) is 24.9. The molecule has 1 saturated carbocycles. The maximum atomic E-state index is 11.9. The summed E-state index contributed by atoms with van der Waals surface area (Å²) in [4.78, 5) is 34.2. The molecular weight excluding hydrogens is 880 g/mol. The van der Waals surface area contributed by atoms with Crippen molar-refractivity contribution >= 4 is 33.8 Å². The number of sulfonamides is 1. The molecule has 1 aliphatic heterocycles. The number of carbonyl (C=O) groups is 3. The van der Waals surface area contributed by atoms with E-state index in [0.717, 1.165) is 44.9 Å². The minimum Gasteiger partial charge on any atom is -0.861 e. The molecule has 0 bridgehead atoms. The molecule has 1 saturated heterocycles. The predicted molar refractivity (Wildman–Crippen MR) is 241 cm³/mol. The van der Waals surface area contributed by atoms with Crippen LogP contribution in [-0.4, -0.2) is 123 Å². The normalized spacial score (nSPS) is 18.9. The van der Waals surface area contributed by atoms with Crippen LogP contribution in [0.25, 0.3) is 0 Å². The number of fused-ring (bicyclic) bond motifs is 1. The van der Waals surface area contributed by atoms with E-state index < -0.39 is 26.8 Å². The lowest BCUT2D eigenvalue weighted by atomic mass is 9.90. The second-order valence-corrected chi connectivity index (χ2v) is 18.6. The van der Waals surface area contributed by atoms with E-state index in [1.54, 1.807) is 14.0 Å². The summed E-state index contributed by atoms with van der Waals surface area (Å²) < 4.78 is 101. The molecule has 7 atom stereocenters. The van der Waals surface area contributed by atoms with Gasteiger partial charge in [0.05, 0.1) is 89.4 Å². The zero-order chi connectivity index (χ0) is 50.1. The Morgan fingerprint density at radius 2 is 1.18 bits per heavy atom. The molecule has 0 spiro atoms. The van der Waals surface area contributed by atoms with Crippen LogP contribution in [-0.2, 0) is 62.3 Å². The fourth-order valence-electron chi connectivity index (χ4n) is 5.18. The molecule has 386 valence electrons. The van der Waals surface area contributed by atoms with E-state index in [1.807, 2.05) is 41.5 Å². The minimum absolute atomic E-state index is 0.0348. The van der Waals surface area contributed by atoms with Gasteiger partial charge in [0.2, 0.25) is 0 Å². The topological polar surface area (TPSA) is 198 Å². The Bertz CT molecular complexity index is 1400. The molecule has 7 unspecified atom stereocenters. The van der Waals surface area contributed by atoms with Crippen molar-refractivity contribution in [1.29, 1.82) is 0 Å². The molecule has 2 aliphatic rings. The van der Waals surface area contributed by atoms with Gasteiger partial charge >= 0.3 is 33.4 Å². The highest BCUT2D eigenvalue weighted by atomic mass is 32.2. The maximum Gasteiger partial charge on any atom is 0.518 e. The molecule has 19 heteroatoms. The fraction of sp³-hybridized carbons (Fsp3) is 0.913. The third kappa shape index (κ3) is 31.2. The monoisotopic (exact) mass is 965 g/mol. The van der Waals surface area contributed by atoms with Gasteiger partial charge in [0, 0.05) is 7.11 Å². The number of hydrogen-bond acceptors (Lipinski definition) is 14. The van der Waals surface area contributed by atoms with E-state index in [9.17, 15) is 41.1 Å². The van der Waals surface area contributed by atoms with Crippen LogP contribution in [0.5, 0.6) is 0 Å². The first kappa shape index (κ1) is 64.5. The quantitative estimate of drug-likeness (QED) is 0.0173. The second-order valence-electron chi connectivity index (χ2n) is 17.0. The van der Waals surface area contributed by atoms with E-state index in [4.69, 9.17) is 37.9 Å². The summed E-state index contributed by atoms with van der Waals surface area (Å²) in [6, 6.07) is 0. The van der Waals surface area contributed by atoms with Crippen LogP contribution in [0.3, 0.4) is 0 Å². The first-order chi connectivity index (χ1) is 30.5. The van der Waals surface area contributed by atoms with Crippen LogP contribution in [0.4, 0.5) is 13.2 Å². The van der Waals surface area contributed by atoms with Crippen LogP contribution >= 0.6 is 0 Å². The van der Waals surface area contributed by atoms with Gasteiger partial charge in [0.15, 0.2) is 0 Å².